The Morgan fingerprint density at radius 3 is 1.51 bits per heavy atom. The largest absolute Gasteiger partial charge is 0.309 e. The Bertz CT molecular complexity index is 3600. The van der Waals surface area contributed by atoms with Crippen LogP contribution < -0.4 is 0 Å². The molecule has 12 aromatic rings. The minimum atomic E-state index is 0.687. The number of rotatable bonds is 7. The molecule has 0 radical (unpaired) electrons. The summed E-state index contributed by atoms with van der Waals surface area (Å²) in [7, 11) is 0. The van der Waals surface area contributed by atoms with Gasteiger partial charge in [0.05, 0.1) is 33.6 Å². The van der Waals surface area contributed by atoms with E-state index in [0.29, 0.717) is 5.82 Å². The molecule has 3 aromatic heterocycles. The zero-order chi connectivity index (χ0) is 41.7. The summed E-state index contributed by atoms with van der Waals surface area (Å²) in [6, 6.07) is 81.5. The van der Waals surface area contributed by atoms with E-state index in [4.69, 9.17) is 15.0 Å². The van der Waals surface area contributed by atoms with E-state index >= 15 is 0 Å². The molecule has 0 unspecified atom stereocenters. The molecule has 0 bridgehead atoms. The lowest BCUT2D eigenvalue weighted by Crippen LogP contribution is -1.97. The van der Waals surface area contributed by atoms with E-state index in [0.717, 1.165) is 72.6 Å². The second-order valence-corrected chi connectivity index (χ2v) is 16.0. The third kappa shape index (κ3) is 6.44. The highest BCUT2D eigenvalue weighted by Crippen LogP contribution is 2.41. The number of benzene rings is 9. The van der Waals surface area contributed by atoms with E-state index in [9.17, 15) is 0 Å². The maximum Gasteiger partial charge on any atom is 0.160 e. The predicted octanol–water partition coefficient (Wildman–Crippen LogP) is 15.3. The van der Waals surface area contributed by atoms with Gasteiger partial charge in [-0.15, -0.1) is 0 Å². The van der Waals surface area contributed by atoms with E-state index in [1.54, 1.807) is 0 Å². The lowest BCUT2D eigenvalue weighted by molar-refractivity contribution is 1.17. The Morgan fingerprint density at radius 2 is 0.810 bits per heavy atom. The van der Waals surface area contributed by atoms with Gasteiger partial charge in [-0.1, -0.05) is 182 Å². The smallest absolute Gasteiger partial charge is 0.160 e. The minimum absolute atomic E-state index is 0.687. The summed E-state index contributed by atoms with van der Waals surface area (Å²) in [5.74, 6) is 0.687. The number of pyridine rings is 1. The molecule has 0 aliphatic carbocycles. The maximum absolute atomic E-state index is 5.23. The minimum Gasteiger partial charge on any atom is -0.309 e. The molecular weight excluding hydrogens is 765 g/mol. The molecule has 0 spiro atoms. The van der Waals surface area contributed by atoms with Gasteiger partial charge in [-0.3, -0.25) is 0 Å². The van der Waals surface area contributed by atoms with Crippen LogP contribution in [0.2, 0.25) is 0 Å². The van der Waals surface area contributed by atoms with Crippen molar-refractivity contribution in [1.82, 2.24) is 19.5 Å². The molecule has 0 saturated carbocycles. The topological polar surface area (TPSA) is 43.6 Å². The van der Waals surface area contributed by atoms with Crippen LogP contribution in [-0.4, -0.2) is 19.5 Å². The molecular formula is C59H38N4. The number of aromatic nitrogens is 4. The van der Waals surface area contributed by atoms with Crippen molar-refractivity contribution >= 4 is 43.5 Å². The summed E-state index contributed by atoms with van der Waals surface area (Å²) in [6.45, 7) is 0. The molecule has 0 amide bonds. The van der Waals surface area contributed by atoms with Gasteiger partial charge in [-0.05, 0) is 81.6 Å². The van der Waals surface area contributed by atoms with Gasteiger partial charge in [0, 0.05) is 44.1 Å². The van der Waals surface area contributed by atoms with E-state index in [1.807, 2.05) is 24.3 Å². The highest BCUT2D eigenvalue weighted by atomic mass is 15.0. The normalized spacial score (nSPS) is 11.5. The van der Waals surface area contributed by atoms with Gasteiger partial charge < -0.3 is 4.57 Å². The molecule has 294 valence electrons. The van der Waals surface area contributed by atoms with E-state index in [1.165, 1.54) is 38.1 Å². The van der Waals surface area contributed by atoms with Gasteiger partial charge in [-0.25, -0.2) is 15.0 Å². The van der Waals surface area contributed by atoms with Gasteiger partial charge in [0.25, 0.3) is 0 Å². The average molecular weight is 803 g/mol. The summed E-state index contributed by atoms with van der Waals surface area (Å²) < 4.78 is 2.35. The van der Waals surface area contributed by atoms with Crippen molar-refractivity contribution in [2.45, 2.75) is 0 Å². The van der Waals surface area contributed by atoms with Gasteiger partial charge in [0.2, 0.25) is 0 Å². The fourth-order valence-corrected chi connectivity index (χ4v) is 9.23. The monoisotopic (exact) mass is 802 g/mol. The Labute approximate surface area is 365 Å². The molecule has 9 aromatic carbocycles. The summed E-state index contributed by atoms with van der Waals surface area (Å²) in [5, 5.41) is 5.98. The van der Waals surface area contributed by atoms with Crippen molar-refractivity contribution in [3.05, 3.63) is 231 Å². The Hall–Kier alpha value is -8.47. The Balaban J connectivity index is 0.976. The average Bonchev–Trinajstić information content (AvgIpc) is 3.71. The van der Waals surface area contributed by atoms with Crippen LogP contribution in [0.25, 0.3) is 117 Å². The van der Waals surface area contributed by atoms with Crippen LogP contribution in [0, 0.1) is 0 Å². The highest BCUT2D eigenvalue weighted by molar-refractivity contribution is 6.17. The third-order valence-electron chi connectivity index (χ3n) is 12.2. The molecule has 12 rings (SSSR count). The molecule has 4 heteroatoms. The van der Waals surface area contributed by atoms with Gasteiger partial charge in [-0.2, -0.15) is 0 Å². The zero-order valence-electron chi connectivity index (χ0n) is 34.2. The second-order valence-electron chi connectivity index (χ2n) is 16.0. The van der Waals surface area contributed by atoms with Crippen LogP contribution in [0.3, 0.4) is 0 Å². The first-order valence-electron chi connectivity index (χ1n) is 21.4. The van der Waals surface area contributed by atoms with E-state index < -0.39 is 0 Å². The highest BCUT2D eigenvalue weighted by Gasteiger charge is 2.17. The lowest BCUT2D eigenvalue weighted by Gasteiger charge is -2.15. The molecule has 4 nitrogen and oxygen atoms in total. The SMILES string of the molecule is c1ccc(-c2cc(-c3ccccc3)c3c(ccc4c(-c5cccc(-c6cc(-c7ccc(-n8c9ccccc9c9ccccc98)cc7)nc(-c7ccccc7)n6)c5)cccc43)n2)cc1. The molecule has 63 heavy (non-hydrogen) atoms. The van der Waals surface area contributed by atoms with Crippen LogP contribution in [0.4, 0.5) is 0 Å². The first-order valence-corrected chi connectivity index (χ1v) is 21.4. The maximum atomic E-state index is 5.23. The third-order valence-corrected chi connectivity index (χ3v) is 12.2. The van der Waals surface area contributed by atoms with Crippen LogP contribution in [0.1, 0.15) is 0 Å². The molecule has 3 heterocycles. The quantitative estimate of drug-likeness (QED) is 0.151. The van der Waals surface area contributed by atoms with Crippen molar-refractivity contribution in [3.63, 3.8) is 0 Å². The van der Waals surface area contributed by atoms with Crippen molar-refractivity contribution in [2.75, 3.05) is 0 Å². The van der Waals surface area contributed by atoms with Crippen LogP contribution in [-0.2, 0) is 0 Å². The first-order chi connectivity index (χ1) is 31.2. The van der Waals surface area contributed by atoms with Crippen LogP contribution >= 0.6 is 0 Å². The van der Waals surface area contributed by atoms with Gasteiger partial charge in [0.15, 0.2) is 5.82 Å². The van der Waals surface area contributed by atoms with Gasteiger partial charge >= 0.3 is 0 Å². The fraction of sp³-hybridized carbons (Fsp3) is 0. The number of nitrogens with zero attached hydrogens (tertiary/aromatic N) is 4. The van der Waals surface area contributed by atoms with E-state index in [-0.39, 0.29) is 0 Å². The number of fused-ring (bicyclic) bond motifs is 6. The number of hydrogen-bond donors (Lipinski definition) is 0. The standard InChI is InChI=1S/C59H38N4/c1-4-16-39(17-5-1)51-37-53(40-18-6-2-7-19-40)60-52-35-34-47-46(26-15-27-50(47)58(51)52)43-22-14-23-44(36-43)55-38-54(61-59(62-55)42-20-8-3-9-21-42)41-30-32-45(33-31-41)63-56-28-12-10-24-48(56)49-25-11-13-29-57(49)63/h1-38H. The Kier molecular flexibility index (Phi) is 8.79. The van der Waals surface area contributed by atoms with Crippen molar-refractivity contribution in [1.29, 1.82) is 0 Å². The Morgan fingerprint density at radius 1 is 0.286 bits per heavy atom. The molecule has 0 aliphatic heterocycles. The van der Waals surface area contributed by atoms with E-state index in [2.05, 4.69) is 211 Å². The van der Waals surface area contributed by atoms with Gasteiger partial charge in [0.1, 0.15) is 0 Å². The van der Waals surface area contributed by atoms with Crippen molar-refractivity contribution < 1.29 is 0 Å². The second kappa shape index (κ2) is 15.2. The summed E-state index contributed by atoms with van der Waals surface area (Å²) in [4.78, 5) is 15.6. The molecule has 0 saturated heterocycles. The molecule has 0 atom stereocenters. The molecule has 0 N–H and O–H groups in total. The van der Waals surface area contributed by atoms with Crippen molar-refractivity contribution in [2.24, 2.45) is 0 Å². The lowest BCUT2D eigenvalue weighted by atomic mass is 9.91. The van der Waals surface area contributed by atoms with Crippen LogP contribution in [0.15, 0.2) is 231 Å². The summed E-state index contributed by atoms with van der Waals surface area (Å²) >= 11 is 0. The summed E-state index contributed by atoms with van der Waals surface area (Å²) in [5.41, 5.74) is 15.9. The first kappa shape index (κ1) is 36.4. The fourth-order valence-electron chi connectivity index (χ4n) is 9.23. The van der Waals surface area contributed by atoms with Crippen molar-refractivity contribution in [3.8, 4) is 73.1 Å². The predicted molar refractivity (Wildman–Crippen MR) is 262 cm³/mol. The zero-order valence-corrected chi connectivity index (χ0v) is 34.2. The summed E-state index contributed by atoms with van der Waals surface area (Å²) in [6.07, 6.45) is 0. The number of hydrogen-bond acceptors (Lipinski definition) is 3. The number of para-hydroxylation sites is 2. The van der Waals surface area contributed by atoms with Crippen LogP contribution in [0.5, 0.6) is 0 Å². The molecule has 0 aliphatic rings. The molecule has 0 fully saturated rings.